The van der Waals surface area contributed by atoms with Crippen molar-refractivity contribution in [1.29, 1.82) is 0 Å². The Bertz CT molecular complexity index is 438. The maximum atomic E-state index is 11.4. The van der Waals surface area contributed by atoms with Crippen molar-refractivity contribution in [2.45, 2.75) is 17.9 Å². The van der Waals surface area contributed by atoms with Crippen LogP contribution in [0.15, 0.2) is 24.3 Å². The summed E-state index contributed by atoms with van der Waals surface area (Å²) in [5.74, 6) is -0.619. The summed E-state index contributed by atoms with van der Waals surface area (Å²) in [6.45, 7) is 1.43. The highest BCUT2D eigenvalue weighted by atomic mass is 16.5. The van der Waals surface area contributed by atoms with Crippen LogP contribution in [0.4, 0.5) is 0 Å². The first-order valence-corrected chi connectivity index (χ1v) is 5.44. The average molecular weight is 219 g/mol. The number of aliphatic carboxylic acids is 1. The molecule has 0 radical (unpaired) electrons. The highest BCUT2D eigenvalue weighted by molar-refractivity contribution is 5.80. The zero-order valence-electron chi connectivity index (χ0n) is 8.77. The molecule has 2 aliphatic rings. The van der Waals surface area contributed by atoms with Gasteiger partial charge in [-0.05, 0) is 12.6 Å². The summed E-state index contributed by atoms with van der Waals surface area (Å²) < 4.78 is 5.89. The molecule has 0 bridgehead atoms. The molecule has 0 saturated carbocycles. The molecule has 1 saturated heterocycles. The van der Waals surface area contributed by atoms with E-state index < -0.39 is 17.5 Å². The Morgan fingerprint density at radius 1 is 1.50 bits per heavy atom. The van der Waals surface area contributed by atoms with Gasteiger partial charge in [-0.15, -0.1) is 0 Å². The smallest absolute Gasteiger partial charge is 0.315 e. The minimum absolute atomic E-state index is 0.543. The molecule has 3 rings (SSSR count). The van der Waals surface area contributed by atoms with E-state index in [0.717, 1.165) is 24.3 Å². The third kappa shape index (κ3) is 1.16. The summed E-state index contributed by atoms with van der Waals surface area (Å²) in [4.78, 5) is 11.4. The van der Waals surface area contributed by atoms with Crippen molar-refractivity contribution >= 4 is 5.97 Å². The maximum absolute atomic E-state index is 11.4. The second-order valence-corrected chi connectivity index (χ2v) is 4.40. The van der Waals surface area contributed by atoms with Crippen LogP contribution >= 0.6 is 0 Å². The SMILES string of the molecule is O=C(O)C1c2ccccc2OC12CCNC2. The zero-order chi connectivity index (χ0) is 11.2. The summed E-state index contributed by atoms with van der Waals surface area (Å²) in [6, 6.07) is 7.43. The first-order valence-electron chi connectivity index (χ1n) is 5.44. The number of carboxylic acids is 1. The van der Waals surface area contributed by atoms with Crippen molar-refractivity contribution in [3.63, 3.8) is 0 Å². The van der Waals surface area contributed by atoms with Crippen LogP contribution in [-0.4, -0.2) is 29.8 Å². The van der Waals surface area contributed by atoms with Crippen LogP contribution in [0.5, 0.6) is 5.75 Å². The molecule has 16 heavy (non-hydrogen) atoms. The van der Waals surface area contributed by atoms with Crippen LogP contribution in [0, 0.1) is 0 Å². The summed E-state index contributed by atoms with van der Waals surface area (Å²) in [5, 5.41) is 12.6. The van der Waals surface area contributed by atoms with E-state index in [1.807, 2.05) is 24.3 Å². The molecule has 1 aromatic carbocycles. The Kier molecular flexibility index (Phi) is 1.94. The van der Waals surface area contributed by atoms with Crippen LogP contribution in [0.1, 0.15) is 17.9 Å². The van der Waals surface area contributed by atoms with Crippen LogP contribution < -0.4 is 10.1 Å². The lowest BCUT2D eigenvalue weighted by atomic mass is 9.83. The molecule has 4 heteroatoms. The molecule has 2 atom stereocenters. The number of hydrogen-bond acceptors (Lipinski definition) is 3. The Morgan fingerprint density at radius 3 is 3.00 bits per heavy atom. The molecule has 2 N–H and O–H groups in total. The first-order chi connectivity index (χ1) is 7.73. The predicted molar refractivity (Wildman–Crippen MR) is 57.7 cm³/mol. The van der Waals surface area contributed by atoms with Gasteiger partial charge in [-0.3, -0.25) is 4.79 Å². The van der Waals surface area contributed by atoms with Crippen LogP contribution in [0.25, 0.3) is 0 Å². The van der Waals surface area contributed by atoms with E-state index >= 15 is 0 Å². The van der Waals surface area contributed by atoms with Crippen LogP contribution in [0.2, 0.25) is 0 Å². The van der Waals surface area contributed by atoms with Gasteiger partial charge in [0.05, 0.1) is 0 Å². The van der Waals surface area contributed by atoms with Gasteiger partial charge >= 0.3 is 5.97 Å². The monoisotopic (exact) mass is 219 g/mol. The fourth-order valence-electron chi connectivity index (χ4n) is 2.75. The standard InChI is InChI=1S/C12H13NO3/c14-11(15)10-8-3-1-2-4-9(8)16-12(10)5-6-13-7-12/h1-4,10,13H,5-7H2,(H,14,15). The normalized spacial score (nSPS) is 31.4. The Balaban J connectivity index is 2.10. The zero-order valence-corrected chi connectivity index (χ0v) is 8.77. The van der Waals surface area contributed by atoms with Gasteiger partial charge in [0.2, 0.25) is 0 Å². The maximum Gasteiger partial charge on any atom is 0.315 e. The van der Waals surface area contributed by atoms with Gasteiger partial charge in [0.25, 0.3) is 0 Å². The van der Waals surface area contributed by atoms with E-state index in [1.54, 1.807) is 0 Å². The summed E-state index contributed by atoms with van der Waals surface area (Å²) in [6.07, 6.45) is 0.749. The van der Waals surface area contributed by atoms with Crippen molar-refractivity contribution < 1.29 is 14.6 Å². The van der Waals surface area contributed by atoms with E-state index in [-0.39, 0.29) is 0 Å². The van der Waals surface area contributed by atoms with Gasteiger partial charge < -0.3 is 15.2 Å². The molecule has 4 nitrogen and oxygen atoms in total. The molecule has 0 aromatic heterocycles. The molecule has 2 unspecified atom stereocenters. The number of ether oxygens (including phenoxy) is 1. The number of benzene rings is 1. The third-order valence-corrected chi connectivity index (χ3v) is 3.47. The van der Waals surface area contributed by atoms with Gasteiger partial charge in [0.1, 0.15) is 17.3 Å². The van der Waals surface area contributed by atoms with E-state index in [9.17, 15) is 9.90 Å². The number of carboxylic acid groups (broad SMARTS) is 1. The number of fused-ring (bicyclic) bond motifs is 1. The highest BCUT2D eigenvalue weighted by Crippen LogP contribution is 2.47. The van der Waals surface area contributed by atoms with E-state index in [4.69, 9.17) is 4.74 Å². The lowest BCUT2D eigenvalue weighted by Crippen LogP contribution is -2.43. The molecule has 84 valence electrons. The molecule has 2 aliphatic heterocycles. The van der Waals surface area contributed by atoms with Crippen molar-refractivity contribution in [2.75, 3.05) is 13.1 Å². The highest BCUT2D eigenvalue weighted by Gasteiger charge is 2.53. The lowest BCUT2D eigenvalue weighted by molar-refractivity contribution is -0.142. The predicted octanol–water partition coefficient (Wildman–Crippen LogP) is 0.979. The van der Waals surface area contributed by atoms with Gasteiger partial charge in [0, 0.05) is 18.5 Å². The minimum Gasteiger partial charge on any atom is -0.484 e. The molecule has 2 heterocycles. The van der Waals surface area contributed by atoms with Gasteiger partial charge in [-0.1, -0.05) is 18.2 Å². The second-order valence-electron chi connectivity index (χ2n) is 4.40. The fraction of sp³-hybridized carbons (Fsp3) is 0.417. The number of para-hydroxylation sites is 1. The first kappa shape index (κ1) is 9.66. The average Bonchev–Trinajstić information content (AvgIpc) is 2.82. The van der Waals surface area contributed by atoms with E-state index in [1.165, 1.54) is 0 Å². The van der Waals surface area contributed by atoms with Crippen LogP contribution in [-0.2, 0) is 4.79 Å². The number of carbonyl (C=O) groups is 1. The van der Waals surface area contributed by atoms with Crippen molar-refractivity contribution in [2.24, 2.45) is 0 Å². The number of nitrogens with one attached hydrogen (secondary N) is 1. The molecular formula is C12H13NO3. The van der Waals surface area contributed by atoms with Crippen LogP contribution in [0.3, 0.4) is 0 Å². The lowest BCUT2D eigenvalue weighted by Gasteiger charge is -2.26. The molecule has 1 aromatic rings. The van der Waals surface area contributed by atoms with Crippen molar-refractivity contribution in [3.8, 4) is 5.75 Å². The Hall–Kier alpha value is -1.55. The molecule has 0 aliphatic carbocycles. The van der Waals surface area contributed by atoms with Gasteiger partial charge in [0.15, 0.2) is 0 Å². The van der Waals surface area contributed by atoms with Gasteiger partial charge in [-0.25, -0.2) is 0 Å². The second kappa shape index (κ2) is 3.22. The van der Waals surface area contributed by atoms with E-state index in [0.29, 0.717) is 6.54 Å². The summed E-state index contributed by atoms with van der Waals surface area (Å²) in [5.41, 5.74) is 0.230. The topological polar surface area (TPSA) is 58.6 Å². The minimum atomic E-state index is -0.798. The van der Waals surface area contributed by atoms with E-state index in [2.05, 4.69) is 5.32 Å². The Labute approximate surface area is 93.2 Å². The largest absolute Gasteiger partial charge is 0.484 e. The molecule has 1 spiro atoms. The number of hydrogen-bond donors (Lipinski definition) is 2. The Morgan fingerprint density at radius 2 is 2.31 bits per heavy atom. The summed E-state index contributed by atoms with van der Waals surface area (Å²) in [7, 11) is 0. The summed E-state index contributed by atoms with van der Waals surface area (Å²) >= 11 is 0. The van der Waals surface area contributed by atoms with Gasteiger partial charge in [-0.2, -0.15) is 0 Å². The van der Waals surface area contributed by atoms with Crippen molar-refractivity contribution in [1.82, 2.24) is 5.32 Å². The third-order valence-electron chi connectivity index (χ3n) is 3.47. The quantitative estimate of drug-likeness (QED) is 0.739. The van der Waals surface area contributed by atoms with Crippen molar-refractivity contribution in [3.05, 3.63) is 29.8 Å². The number of rotatable bonds is 1. The fourth-order valence-corrected chi connectivity index (χ4v) is 2.75. The molecule has 1 fully saturated rings. The molecule has 0 amide bonds. The molecular weight excluding hydrogens is 206 g/mol.